The van der Waals surface area contributed by atoms with Gasteiger partial charge >= 0.3 is 0 Å². The van der Waals surface area contributed by atoms with Crippen LogP contribution in [0.25, 0.3) is 0 Å². The van der Waals surface area contributed by atoms with Crippen molar-refractivity contribution in [1.82, 2.24) is 9.80 Å². The van der Waals surface area contributed by atoms with Gasteiger partial charge in [0.2, 0.25) is 5.91 Å². The van der Waals surface area contributed by atoms with E-state index in [-0.39, 0.29) is 11.8 Å². The van der Waals surface area contributed by atoms with Crippen molar-refractivity contribution in [3.8, 4) is 0 Å². The third kappa shape index (κ3) is 4.18. The molecule has 0 atom stereocenters. The van der Waals surface area contributed by atoms with E-state index in [2.05, 4.69) is 29.5 Å². The smallest absolute Gasteiger partial charge is 0.255 e. The van der Waals surface area contributed by atoms with E-state index in [0.717, 1.165) is 22.0 Å². The minimum absolute atomic E-state index is 0.0701. The SMILES string of the molecule is CCCCC(=O)N1CCN(C(=O)c2ccccc2I)CC1. The molecule has 1 aliphatic rings. The number of rotatable bonds is 4. The first-order valence-corrected chi connectivity index (χ1v) is 8.53. The number of halogens is 1. The Morgan fingerprint density at radius 2 is 1.71 bits per heavy atom. The third-order valence-corrected chi connectivity index (χ3v) is 4.71. The van der Waals surface area contributed by atoms with Gasteiger partial charge in [0.15, 0.2) is 0 Å². The van der Waals surface area contributed by atoms with Gasteiger partial charge in [0, 0.05) is 36.2 Å². The zero-order valence-electron chi connectivity index (χ0n) is 12.3. The van der Waals surface area contributed by atoms with Gasteiger partial charge in [-0.15, -0.1) is 0 Å². The average Bonchev–Trinajstić information content (AvgIpc) is 2.52. The molecule has 2 amide bonds. The third-order valence-electron chi connectivity index (χ3n) is 3.77. The maximum Gasteiger partial charge on any atom is 0.255 e. The monoisotopic (exact) mass is 400 g/mol. The molecule has 114 valence electrons. The fraction of sp³-hybridized carbons (Fsp3) is 0.500. The van der Waals surface area contributed by atoms with Gasteiger partial charge in [0.05, 0.1) is 5.56 Å². The summed E-state index contributed by atoms with van der Waals surface area (Å²) in [5.41, 5.74) is 0.754. The van der Waals surface area contributed by atoms with Gasteiger partial charge in [-0.05, 0) is 41.1 Å². The lowest BCUT2D eigenvalue weighted by Gasteiger charge is -2.35. The second-order valence-corrected chi connectivity index (χ2v) is 6.42. The molecule has 0 aliphatic carbocycles. The van der Waals surface area contributed by atoms with E-state index in [0.29, 0.717) is 32.6 Å². The lowest BCUT2D eigenvalue weighted by Crippen LogP contribution is -2.50. The Morgan fingerprint density at radius 1 is 1.10 bits per heavy atom. The number of carbonyl (C=O) groups excluding carboxylic acids is 2. The molecule has 1 fully saturated rings. The van der Waals surface area contributed by atoms with Crippen LogP contribution in [0, 0.1) is 3.57 Å². The van der Waals surface area contributed by atoms with Crippen LogP contribution in [0.5, 0.6) is 0 Å². The highest BCUT2D eigenvalue weighted by molar-refractivity contribution is 14.1. The van der Waals surface area contributed by atoms with Crippen molar-refractivity contribution in [1.29, 1.82) is 0 Å². The van der Waals surface area contributed by atoms with Crippen molar-refractivity contribution in [2.45, 2.75) is 26.2 Å². The second-order valence-electron chi connectivity index (χ2n) is 5.26. The normalized spacial score (nSPS) is 15.1. The number of piperazine rings is 1. The van der Waals surface area contributed by atoms with Gasteiger partial charge in [-0.1, -0.05) is 25.5 Å². The molecule has 0 aromatic heterocycles. The van der Waals surface area contributed by atoms with Gasteiger partial charge < -0.3 is 9.80 Å². The highest BCUT2D eigenvalue weighted by atomic mass is 127. The zero-order chi connectivity index (χ0) is 15.2. The maximum atomic E-state index is 12.5. The van der Waals surface area contributed by atoms with Crippen LogP contribution in [-0.4, -0.2) is 47.8 Å². The quantitative estimate of drug-likeness (QED) is 0.730. The molecule has 1 aromatic rings. The number of hydrogen-bond donors (Lipinski definition) is 0. The van der Waals surface area contributed by atoms with Crippen molar-refractivity contribution in [2.24, 2.45) is 0 Å². The number of benzene rings is 1. The summed E-state index contributed by atoms with van der Waals surface area (Å²) in [4.78, 5) is 28.2. The molecule has 0 N–H and O–H groups in total. The van der Waals surface area contributed by atoms with E-state index in [1.165, 1.54) is 0 Å². The molecule has 2 rings (SSSR count). The standard InChI is InChI=1S/C16H21IN2O2/c1-2-3-8-15(20)18-9-11-19(12-10-18)16(21)13-6-4-5-7-14(13)17/h4-7H,2-3,8-12H2,1H3. The molecule has 21 heavy (non-hydrogen) atoms. The first-order valence-electron chi connectivity index (χ1n) is 7.45. The lowest BCUT2D eigenvalue weighted by molar-refractivity contribution is -0.132. The maximum absolute atomic E-state index is 12.5. The number of unbranched alkanes of at least 4 members (excludes halogenated alkanes) is 1. The van der Waals surface area contributed by atoms with Crippen LogP contribution in [-0.2, 0) is 4.79 Å². The molecule has 0 saturated carbocycles. The van der Waals surface area contributed by atoms with Crippen molar-refractivity contribution >= 4 is 34.4 Å². The van der Waals surface area contributed by atoms with Gasteiger partial charge in [-0.2, -0.15) is 0 Å². The second kappa shape index (κ2) is 7.77. The Balaban J connectivity index is 1.91. The Hall–Kier alpha value is -1.11. The number of nitrogens with zero attached hydrogens (tertiary/aromatic N) is 2. The molecule has 1 saturated heterocycles. The van der Waals surface area contributed by atoms with Crippen LogP contribution in [0.3, 0.4) is 0 Å². The summed E-state index contributed by atoms with van der Waals surface area (Å²) in [5.74, 6) is 0.291. The summed E-state index contributed by atoms with van der Waals surface area (Å²) in [6, 6.07) is 7.63. The molecule has 0 spiro atoms. The van der Waals surface area contributed by atoms with Crippen LogP contribution < -0.4 is 0 Å². The van der Waals surface area contributed by atoms with Gasteiger partial charge in [-0.25, -0.2) is 0 Å². The van der Waals surface area contributed by atoms with E-state index < -0.39 is 0 Å². The van der Waals surface area contributed by atoms with Crippen LogP contribution in [0.15, 0.2) is 24.3 Å². The highest BCUT2D eigenvalue weighted by Crippen LogP contribution is 2.15. The van der Waals surface area contributed by atoms with E-state index >= 15 is 0 Å². The Bertz CT molecular complexity index is 511. The van der Waals surface area contributed by atoms with Crippen molar-refractivity contribution < 1.29 is 9.59 Å². The largest absolute Gasteiger partial charge is 0.339 e. The molecule has 0 unspecified atom stereocenters. The predicted octanol–water partition coefficient (Wildman–Crippen LogP) is 2.77. The van der Waals surface area contributed by atoms with Crippen molar-refractivity contribution in [3.63, 3.8) is 0 Å². The minimum Gasteiger partial charge on any atom is -0.339 e. The van der Waals surface area contributed by atoms with Crippen LogP contribution >= 0.6 is 22.6 Å². The molecule has 0 radical (unpaired) electrons. The highest BCUT2D eigenvalue weighted by Gasteiger charge is 2.25. The van der Waals surface area contributed by atoms with Crippen molar-refractivity contribution in [3.05, 3.63) is 33.4 Å². The molecule has 1 heterocycles. The Labute approximate surface area is 139 Å². The Kier molecular flexibility index (Phi) is 6.02. The molecule has 1 aliphatic heterocycles. The summed E-state index contributed by atoms with van der Waals surface area (Å²) >= 11 is 2.19. The summed E-state index contributed by atoms with van der Waals surface area (Å²) in [6.07, 6.45) is 2.61. The molecule has 4 nitrogen and oxygen atoms in total. The number of amides is 2. The fourth-order valence-corrected chi connectivity index (χ4v) is 3.07. The first-order chi connectivity index (χ1) is 10.1. The van der Waals surface area contributed by atoms with Gasteiger partial charge in [0.1, 0.15) is 0 Å². The topological polar surface area (TPSA) is 40.6 Å². The predicted molar refractivity (Wildman–Crippen MR) is 91.2 cm³/mol. The summed E-state index contributed by atoms with van der Waals surface area (Å²) in [7, 11) is 0. The van der Waals surface area contributed by atoms with E-state index in [1.54, 1.807) is 0 Å². The lowest BCUT2D eigenvalue weighted by atomic mass is 10.1. The van der Waals surface area contributed by atoms with Gasteiger partial charge in [-0.3, -0.25) is 9.59 Å². The van der Waals surface area contributed by atoms with Crippen LogP contribution in [0.4, 0.5) is 0 Å². The number of carbonyl (C=O) groups is 2. The van der Waals surface area contributed by atoms with E-state index in [9.17, 15) is 9.59 Å². The molecular formula is C16H21IN2O2. The van der Waals surface area contributed by atoms with Crippen molar-refractivity contribution in [2.75, 3.05) is 26.2 Å². The summed E-state index contributed by atoms with van der Waals surface area (Å²) in [5, 5.41) is 0. The average molecular weight is 400 g/mol. The molecule has 0 bridgehead atoms. The van der Waals surface area contributed by atoms with E-state index in [1.807, 2.05) is 34.1 Å². The molecular weight excluding hydrogens is 379 g/mol. The van der Waals surface area contributed by atoms with Gasteiger partial charge in [0.25, 0.3) is 5.91 Å². The minimum atomic E-state index is 0.0701. The summed E-state index contributed by atoms with van der Waals surface area (Å²) < 4.78 is 0.974. The molecule has 5 heteroatoms. The van der Waals surface area contributed by atoms with E-state index in [4.69, 9.17) is 0 Å². The summed E-state index contributed by atoms with van der Waals surface area (Å²) in [6.45, 7) is 4.64. The Morgan fingerprint density at radius 3 is 2.33 bits per heavy atom. The molecule has 1 aromatic carbocycles. The van der Waals surface area contributed by atoms with Crippen LogP contribution in [0.1, 0.15) is 36.5 Å². The number of hydrogen-bond acceptors (Lipinski definition) is 2. The van der Waals surface area contributed by atoms with Crippen LogP contribution in [0.2, 0.25) is 0 Å². The first kappa shape index (κ1) is 16.3. The fourth-order valence-electron chi connectivity index (χ4n) is 2.45. The zero-order valence-corrected chi connectivity index (χ0v) is 14.5.